The van der Waals surface area contributed by atoms with Crippen molar-refractivity contribution in [2.45, 2.75) is 19.4 Å². The standard InChI is InChI=1S/C16H19N3O3S/c1-16(2)9-22-14(19-16)18-15-17-12(8-23-15)11-6-5-10(20-3)7-13(11)21-4/h5-8H,9H2,1-4H3,(H,17,18,19). The van der Waals surface area contributed by atoms with Crippen molar-refractivity contribution in [3.63, 3.8) is 0 Å². The number of nitrogens with zero attached hydrogens (tertiary/aromatic N) is 2. The molecule has 1 N–H and O–H groups in total. The molecular weight excluding hydrogens is 314 g/mol. The lowest BCUT2D eigenvalue weighted by atomic mass is 10.1. The summed E-state index contributed by atoms with van der Waals surface area (Å²) in [5, 5.41) is 5.81. The van der Waals surface area contributed by atoms with Gasteiger partial charge in [-0.1, -0.05) is 0 Å². The smallest absolute Gasteiger partial charge is 0.291 e. The third-order valence-corrected chi connectivity index (χ3v) is 4.13. The van der Waals surface area contributed by atoms with Gasteiger partial charge >= 0.3 is 0 Å². The number of aliphatic imine (C=N–C) groups is 1. The summed E-state index contributed by atoms with van der Waals surface area (Å²) in [5.74, 6) is 1.46. The molecule has 0 atom stereocenters. The van der Waals surface area contributed by atoms with E-state index in [0.29, 0.717) is 12.6 Å². The number of rotatable bonds is 4. The number of hydrogen-bond donors (Lipinski definition) is 1. The zero-order valence-electron chi connectivity index (χ0n) is 13.5. The average molecular weight is 333 g/mol. The SMILES string of the molecule is COc1ccc(-c2csc(NC3=NC(C)(C)CO3)n2)c(OC)c1. The summed E-state index contributed by atoms with van der Waals surface area (Å²) in [6.45, 7) is 4.62. The predicted molar refractivity (Wildman–Crippen MR) is 91.7 cm³/mol. The van der Waals surface area contributed by atoms with Crippen LogP contribution in [0.3, 0.4) is 0 Å². The summed E-state index contributed by atoms with van der Waals surface area (Å²) in [4.78, 5) is 9.04. The van der Waals surface area contributed by atoms with E-state index in [4.69, 9.17) is 14.2 Å². The molecule has 122 valence electrons. The van der Waals surface area contributed by atoms with Crippen LogP contribution in [0, 0.1) is 0 Å². The van der Waals surface area contributed by atoms with Crippen molar-refractivity contribution in [1.29, 1.82) is 0 Å². The summed E-state index contributed by atoms with van der Waals surface area (Å²) in [5.41, 5.74) is 1.55. The molecule has 6 nitrogen and oxygen atoms in total. The zero-order valence-corrected chi connectivity index (χ0v) is 14.4. The fourth-order valence-corrected chi connectivity index (χ4v) is 2.91. The first-order valence-electron chi connectivity index (χ1n) is 7.18. The van der Waals surface area contributed by atoms with Crippen LogP contribution >= 0.6 is 11.3 Å². The summed E-state index contributed by atoms with van der Waals surface area (Å²) in [7, 11) is 3.26. The molecule has 7 heteroatoms. The van der Waals surface area contributed by atoms with Crippen LogP contribution < -0.4 is 14.8 Å². The normalized spacial score (nSPS) is 15.7. The van der Waals surface area contributed by atoms with Crippen LogP contribution in [0.15, 0.2) is 28.6 Å². The first-order chi connectivity index (χ1) is 11.0. The van der Waals surface area contributed by atoms with Gasteiger partial charge in [-0.15, -0.1) is 11.3 Å². The lowest BCUT2D eigenvalue weighted by Gasteiger charge is -2.08. The summed E-state index contributed by atoms with van der Waals surface area (Å²) < 4.78 is 16.2. The minimum Gasteiger partial charge on any atom is -0.497 e. The molecule has 0 radical (unpaired) electrons. The van der Waals surface area contributed by atoms with Crippen LogP contribution in [0.1, 0.15) is 13.8 Å². The number of aromatic nitrogens is 1. The quantitative estimate of drug-likeness (QED) is 0.929. The van der Waals surface area contributed by atoms with Gasteiger partial charge in [0.15, 0.2) is 5.13 Å². The van der Waals surface area contributed by atoms with Gasteiger partial charge in [0.25, 0.3) is 6.02 Å². The highest BCUT2D eigenvalue weighted by Crippen LogP contribution is 2.35. The first-order valence-corrected chi connectivity index (χ1v) is 8.06. The van der Waals surface area contributed by atoms with E-state index < -0.39 is 0 Å². The maximum Gasteiger partial charge on any atom is 0.291 e. The molecule has 2 aromatic rings. The van der Waals surface area contributed by atoms with Gasteiger partial charge in [0.05, 0.1) is 25.5 Å². The highest BCUT2D eigenvalue weighted by atomic mass is 32.1. The molecule has 1 aliphatic rings. The van der Waals surface area contributed by atoms with Gasteiger partial charge in [-0.25, -0.2) is 9.98 Å². The van der Waals surface area contributed by atoms with Gasteiger partial charge in [-0.05, 0) is 26.0 Å². The minimum absolute atomic E-state index is 0.193. The first kappa shape index (κ1) is 15.6. The van der Waals surface area contributed by atoms with Gasteiger partial charge in [0.1, 0.15) is 18.1 Å². The summed E-state index contributed by atoms with van der Waals surface area (Å²) in [6, 6.07) is 6.17. The fraction of sp³-hybridized carbons (Fsp3) is 0.375. The maximum atomic E-state index is 5.53. The summed E-state index contributed by atoms with van der Waals surface area (Å²) >= 11 is 1.49. The van der Waals surface area contributed by atoms with Crippen molar-refractivity contribution >= 4 is 22.5 Å². The van der Waals surface area contributed by atoms with Crippen LogP contribution in [-0.2, 0) is 4.74 Å². The predicted octanol–water partition coefficient (Wildman–Crippen LogP) is 3.40. The molecule has 23 heavy (non-hydrogen) atoms. The monoisotopic (exact) mass is 333 g/mol. The topological polar surface area (TPSA) is 65.0 Å². The molecule has 0 spiro atoms. The Morgan fingerprint density at radius 1 is 1.26 bits per heavy atom. The van der Waals surface area contributed by atoms with E-state index in [0.717, 1.165) is 27.9 Å². The lowest BCUT2D eigenvalue weighted by Crippen LogP contribution is -2.17. The van der Waals surface area contributed by atoms with Crippen molar-refractivity contribution in [3.05, 3.63) is 23.6 Å². The van der Waals surface area contributed by atoms with Gasteiger partial charge in [-0.3, -0.25) is 5.32 Å². The Morgan fingerprint density at radius 2 is 2.09 bits per heavy atom. The highest BCUT2D eigenvalue weighted by molar-refractivity contribution is 7.14. The molecule has 0 aliphatic carbocycles. The molecule has 1 aromatic heterocycles. The Kier molecular flexibility index (Phi) is 4.12. The molecule has 0 bridgehead atoms. The van der Waals surface area contributed by atoms with Crippen LogP contribution in [0.5, 0.6) is 11.5 Å². The number of benzene rings is 1. The molecule has 0 fully saturated rings. The number of ether oxygens (including phenoxy) is 3. The number of methoxy groups -OCH3 is 2. The van der Waals surface area contributed by atoms with Crippen molar-refractivity contribution < 1.29 is 14.2 Å². The summed E-state index contributed by atoms with van der Waals surface area (Å²) in [6.07, 6.45) is 0. The Balaban J connectivity index is 1.82. The number of thiazole rings is 1. The van der Waals surface area contributed by atoms with Gasteiger partial charge in [-0.2, -0.15) is 0 Å². The lowest BCUT2D eigenvalue weighted by molar-refractivity contribution is 0.278. The third kappa shape index (κ3) is 3.39. The van der Waals surface area contributed by atoms with Crippen molar-refractivity contribution in [3.8, 4) is 22.8 Å². The Morgan fingerprint density at radius 3 is 2.74 bits per heavy atom. The highest BCUT2D eigenvalue weighted by Gasteiger charge is 2.26. The second kappa shape index (κ2) is 6.08. The number of anilines is 1. The van der Waals surface area contributed by atoms with Crippen molar-refractivity contribution in [2.75, 3.05) is 26.1 Å². The van der Waals surface area contributed by atoms with E-state index in [9.17, 15) is 0 Å². The van der Waals surface area contributed by atoms with Gasteiger partial charge in [0, 0.05) is 17.0 Å². The van der Waals surface area contributed by atoms with E-state index >= 15 is 0 Å². The molecule has 1 aromatic carbocycles. The molecule has 3 rings (SSSR count). The van der Waals surface area contributed by atoms with Crippen LogP contribution in [0.2, 0.25) is 0 Å². The van der Waals surface area contributed by atoms with Gasteiger partial charge < -0.3 is 14.2 Å². The van der Waals surface area contributed by atoms with Crippen LogP contribution in [0.4, 0.5) is 5.13 Å². The fourth-order valence-electron chi connectivity index (χ4n) is 2.20. The average Bonchev–Trinajstić information content (AvgIpc) is 3.13. The number of amidine groups is 1. The van der Waals surface area contributed by atoms with E-state index in [1.165, 1.54) is 11.3 Å². The van der Waals surface area contributed by atoms with Crippen LogP contribution in [-0.4, -0.2) is 37.4 Å². The van der Waals surface area contributed by atoms with E-state index in [2.05, 4.69) is 15.3 Å². The minimum atomic E-state index is -0.193. The molecular formula is C16H19N3O3S. The largest absolute Gasteiger partial charge is 0.497 e. The maximum absolute atomic E-state index is 5.53. The second-order valence-electron chi connectivity index (χ2n) is 5.75. The number of nitrogens with one attached hydrogen (secondary N) is 1. The van der Waals surface area contributed by atoms with Crippen molar-refractivity contribution in [1.82, 2.24) is 4.98 Å². The molecule has 0 unspecified atom stereocenters. The Bertz CT molecular complexity index is 740. The Hall–Kier alpha value is -2.28. The van der Waals surface area contributed by atoms with Gasteiger partial charge in [0.2, 0.25) is 0 Å². The zero-order chi connectivity index (χ0) is 16.4. The van der Waals surface area contributed by atoms with E-state index in [1.54, 1.807) is 14.2 Å². The third-order valence-electron chi connectivity index (χ3n) is 3.37. The van der Waals surface area contributed by atoms with E-state index in [1.807, 2.05) is 37.4 Å². The molecule has 0 saturated carbocycles. The number of hydrogen-bond acceptors (Lipinski definition) is 7. The molecule has 0 amide bonds. The molecule has 1 aliphatic heterocycles. The molecule has 2 heterocycles. The van der Waals surface area contributed by atoms with E-state index in [-0.39, 0.29) is 5.54 Å². The van der Waals surface area contributed by atoms with Crippen LogP contribution in [0.25, 0.3) is 11.3 Å². The Labute approximate surface area is 139 Å². The molecule has 0 saturated heterocycles. The second-order valence-corrected chi connectivity index (χ2v) is 6.61. The van der Waals surface area contributed by atoms with Crippen molar-refractivity contribution in [2.24, 2.45) is 4.99 Å².